The second-order valence-electron chi connectivity index (χ2n) is 11.0. The van der Waals surface area contributed by atoms with Crippen molar-refractivity contribution >= 4 is 28.2 Å². The van der Waals surface area contributed by atoms with Crippen molar-refractivity contribution in [2.45, 2.75) is 39.7 Å². The number of amides is 2. The van der Waals surface area contributed by atoms with Gasteiger partial charge in [-0.05, 0) is 52.6 Å². The van der Waals surface area contributed by atoms with E-state index >= 15 is 0 Å². The number of aromatic nitrogens is 1. The Hall–Kier alpha value is -3.74. The summed E-state index contributed by atoms with van der Waals surface area (Å²) in [4.78, 5) is 20.2. The lowest BCUT2D eigenvalue weighted by atomic mass is 9.86. The standard InChI is InChI=1S/C32H36N4O2/c1-22-9-11-24(32(2,3)4)19-30(22)35-31(37)34-29-14-13-26(27-7-5-6-8-28(27)29)23-10-12-25(33-20-23)21-36-15-17-38-18-16-36/h5-14,19-20H,15-18,21H2,1-4H3,(H2,34,35,37). The third kappa shape index (κ3) is 5.87. The van der Waals surface area contributed by atoms with Gasteiger partial charge >= 0.3 is 6.03 Å². The maximum atomic E-state index is 13.1. The predicted molar refractivity (Wildman–Crippen MR) is 156 cm³/mol. The van der Waals surface area contributed by atoms with Gasteiger partial charge in [0.2, 0.25) is 0 Å². The molecule has 196 valence electrons. The Bertz CT molecular complexity index is 1430. The van der Waals surface area contributed by atoms with Crippen molar-refractivity contribution in [3.8, 4) is 11.1 Å². The van der Waals surface area contributed by atoms with Gasteiger partial charge in [-0.3, -0.25) is 9.88 Å². The number of ether oxygens (including phenoxy) is 1. The number of aryl methyl sites for hydroxylation is 1. The minimum atomic E-state index is -0.258. The van der Waals surface area contributed by atoms with Crippen LogP contribution in [0.1, 0.15) is 37.6 Å². The van der Waals surface area contributed by atoms with Gasteiger partial charge in [-0.1, -0.05) is 69.3 Å². The predicted octanol–water partition coefficient (Wildman–Crippen LogP) is 6.98. The number of fused-ring (bicyclic) bond motifs is 1. The molecule has 0 saturated carbocycles. The van der Waals surface area contributed by atoms with Crippen LogP contribution in [0.2, 0.25) is 0 Å². The Balaban J connectivity index is 1.36. The number of nitrogens with zero attached hydrogens (tertiary/aromatic N) is 2. The molecule has 3 aromatic carbocycles. The number of hydrogen-bond acceptors (Lipinski definition) is 4. The van der Waals surface area contributed by atoms with Crippen molar-refractivity contribution in [3.05, 3.63) is 89.7 Å². The van der Waals surface area contributed by atoms with Crippen LogP contribution in [0.5, 0.6) is 0 Å². The monoisotopic (exact) mass is 508 g/mol. The number of pyridine rings is 1. The van der Waals surface area contributed by atoms with Crippen molar-refractivity contribution in [1.29, 1.82) is 0 Å². The highest BCUT2D eigenvalue weighted by Crippen LogP contribution is 2.33. The van der Waals surface area contributed by atoms with Crippen molar-refractivity contribution in [2.75, 3.05) is 36.9 Å². The van der Waals surface area contributed by atoms with E-state index in [1.165, 1.54) is 5.56 Å². The molecule has 6 nitrogen and oxygen atoms in total. The summed E-state index contributed by atoms with van der Waals surface area (Å²) in [5, 5.41) is 8.17. The number of nitrogens with one attached hydrogen (secondary N) is 2. The highest BCUT2D eigenvalue weighted by molar-refractivity contribution is 6.09. The minimum Gasteiger partial charge on any atom is -0.379 e. The second-order valence-corrected chi connectivity index (χ2v) is 11.0. The number of benzene rings is 3. The summed E-state index contributed by atoms with van der Waals surface area (Å²) in [5.41, 5.74) is 6.99. The van der Waals surface area contributed by atoms with E-state index in [1.54, 1.807) is 0 Å². The highest BCUT2D eigenvalue weighted by Gasteiger charge is 2.17. The molecule has 0 unspecified atom stereocenters. The smallest absolute Gasteiger partial charge is 0.323 e. The van der Waals surface area contributed by atoms with Crippen LogP contribution in [-0.4, -0.2) is 42.2 Å². The Kier molecular flexibility index (Phi) is 7.45. The van der Waals surface area contributed by atoms with Crippen molar-refractivity contribution in [1.82, 2.24) is 9.88 Å². The highest BCUT2D eigenvalue weighted by atomic mass is 16.5. The van der Waals surface area contributed by atoms with Crippen LogP contribution < -0.4 is 10.6 Å². The van der Waals surface area contributed by atoms with Gasteiger partial charge in [0, 0.05) is 42.5 Å². The minimum absolute atomic E-state index is 0.00219. The first-order valence-electron chi connectivity index (χ1n) is 13.2. The first-order chi connectivity index (χ1) is 18.3. The quantitative estimate of drug-likeness (QED) is 0.305. The maximum Gasteiger partial charge on any atom is 0.323 e. The Morgan fingerprint density at radius 3 is 2.37 bits per heavy atom. The molecule has 0 atom stereocenters. The van der Waals surface area contributed by atoms with Crippen LogP contribution in [0, 0.1) is 6.92 Å². The summed E-state index contributed by atoms with van der Waals surface area (Å²) in [5.74, 6) is 0. The number of morpholine rings is 1. The zero-order valence-corrected chi connectivity index (χ0v) is 22.7. The zero-order valence-electron chi connectivity index (χ0n) is 22.7. The average Bonchev–Trinajstić information content (AvgIpc) is 2.91. The van der Waals surface area contributed by atoms with Crippen molar-refractivity contribution in [3.63, 3.8) is 0 Å². The number of hydrogen-bond donors (Lipinski definition) is 2. The summed E-state index contributed by atoms with van der Waals surface area (Å²) < 4.78 is 5.45. The molecule has 0 spiro atoms. The van der Waals surface area contributed by atoms with Gasteiger partial charge in [0.15, 0.2) is 0 Å². The van der Waals surface area contributed by atoms with E-state index in [9.17, 15) is 4.79 Å². The fourth-order valence-corrected chi connectivity index (χ4v) is 4.82. The molecule has 6 heteroatoms. The SMILES string of the molecule is Cc1ccc(C(C)(C)C)cc1NC(=O)Nc1ccc(-c2ccc(CN3CCOCC3)nc2)c2ccccc12. The molecule has 2 heterocycles. The van der Waals surface area contributed by atoms with Gasteiger partial charge in [0.25, 0.3) is 0 Å². The number of urea groups is 1. The van der Waals surface area contributed by atoms with Crippen LogP contribution in [0.15, 0.2) is 72.9 Å². The number of rotatable bonds is 5. The molecule has 2 N–H and O–H groups in total. The molecule has 1 saturated heterocycles. The van der Waals surface area contributed by atoms with Gasteiger partial charge in [0.1, 0.15) is 0 Å². The Morgan fingerprint density at radius 1 is 0.921 bits per heavy atom. The van der Waals surface area contributed by atoms with E-state index in [-0.39, 0.29) is 11.4 Å². The fourth-order valence-electron chi connectivity index (χ4n) is 4.82. The molecular weight excluding hydrogens is 472 g/mol. The molecule has 1 fully saturated rings. The van der Waals surface area contributed by atoms with E-state index in [4.69, 9.17) is 9.72 Å². The molecule has 0 bridgehead atoms. The second kappa shape index (κ2) is 10.9. The Labute approximate surface area is 225 Å². The lowest BCUT2D eigenvalue weighted by Crippen LogP contribution is -2.35. The topological polar surface area (TPSA) is 66.5 Å². The van der Waals surface area contributed by atoms with E-state index in [0.717, 1.165) is 77.4 Å². The number of carbonyl (C=O) groups is 1. The van der Waals surface area contributed by atoms with Gasteiger partial charge < -0.3 is 15.4 Å². The van der Waals surface area contributed by atoms with Crippen LogP contribution in [0.25, 0.3) is 21.9 Å². The maximum absolute atomic E-state index is 13.1. The molecule has 38 heavy (non-hydrogen) atoms. The molecule has 1 aliphatic rings. The summed E-state index contributed by atoms with van der Waals surface area (Å²) in [6, 6.07) is 22.4. The summed E-state index contributed by atoms with van der Waals surface area (Å²) in [7, 11) is 0. The van der Waals surface area contributed by atoms with Gasteiger partial charge in [-0.25, -0.2) is 4.79 Å². The van der Waals surface area contributed by atoms with E-state index in [1.807, 2.05) is 37.4 Å². The van der Waals surface area contributed by atoms with Crippen LogP contribution in [0.3, 0.4) is 0 Å². The van der Waals surface area contributed by atoms with E-state index in [0.29, 0.717) is 0 Å². The Morgan fingerprint density at radius 2 is 1.66 bits per heavy atom. The molecule has 0 radical (unpaired) electrons. The van der Waals surface area contributed by atoms with Crippen LogP contribution >= 0.6 is 0 Å². The molecule has 1 aliphatic heterocycles. The molecule has 0 aliphatic carbocycles. The largest absolute Gasteiger partial charge is 0.379 e. The zero-order chi connectivity index (χ0) is 26.7. The normalized spacial score (nSPS) is 14.4. The summed E-state index contributed by atoms with van der Waals surface area (Å²) in [6.07, 6.45) is 1.95. The van der Waals surface area contributed by atoms with E-state index < -0.39 is 0 Å². The number of carbonyl (C=O) groups excluding carboxylic acids is 1. The van der Waals surface area contributed by atoms with Crippen molar-refractivity contribution in [2.24, 2.45) is 0 Å². The third-order valence-corrected chi connectivity index (χ3v) is 7.15. The molecular formula is C32H36N4O2. The van der Waals surface area contributed by atoms with E-state index in [2.05, 4.69) is 78.8 Å². The lowest BCUT2D eigenvalue weighted by molar-refractivity contribution is 0.0336. The first kappa shape index (κ1) is 25.9. The average molecular weight is 509 g/mol. The van der Waals surface area contributed by atoms with Gasteiger partial charge in [-0.15, -0.1) is 0 Å². The third-order valence-electron chi connectivity index (χ3n) is 7.15. The van der Waals surface area contributed by atoms with Gasteiger partial charge in [0.05, 0.1) is 24.6 Å². The molecule has 2 amide bonds. The fraction of sp³-hybridized carbons (Fsp3) is 0.312. The number of anilines is 2. The summed E-state index contributed by atoms with van der Waals surface area (Å²) >= 11 is 0. The van der Waals surface area contributed by atoms with Crippen LogP contribution in [-0.2, 0) is 16.7 Å². The summed E-state index contributed by atoms with van der Waals surface area (Å²) in [6.45, 7) is 12.8. The van der Waals surface area contributed by atoms with Crippen LogP contribution in [0.4, 0.5) is 16.2 Å². The molecule has 1 aromatic heterocycles. The van der Waals surface area contributed by atoms with Gasteiger partial charge in [-0.2, -0.15) is 0 Å². The first-order valence-corrected chi connectivity index (χ1v) is 13.2. The molecule has 5 rings (SSSR count). The van der Waals surface area contributed by atoms with Crippen molar-refractivity contribution < 1.29 is 9.53 Å². The lowest BCUT2D eigenvalue weighted by Gasteiger charge is -2.26. The molecule has 4 aromatic rings.